The summed E-state index contributed by atoms with van der Waals surface area (Å²) in [6, 6.07) is 7.43. The molecule has 0 unspecified atom stereocenters. The molecule has 0 aliphatic carbocycles. The Morgan fingerprint density at radius 1 is 1.16 bits per heavy atom. The number of nitrogens with zero attached hydrogens (tertiary/aromatic N) is 4. The van der Waals surface area contributed by atoms with Gasteiger partial charge in [0, 0.05) is 14.1 Å². The van der Waals surface area contributed by atoms with E-state index < -0.39 is 5.69 Å². The molecule has 0 radical (unpaired) electrons. The third kappa shape index (κ3) is 2.48. The Hall–Kier alpha value is -3.09. The third-order valence-corrected chi connectivity index (χ3v) is 4.39. The van der Waals surface area contributed by atoms with Crippen molar-refractivity contribution in [2.45, 2.75) is 13.3 Å². The lowest BCUT2D eigenvalue weighted by atomic mass is 10.1. The topological polar surface area (TPSA) is 71.1 Å². The average Bonchev–Trinajstić information content (AvgIpc) is 3.03. The lowest BCUT2D eigenvalue weighted by Gasteiger charge is -2.10. The Labute approximate surface area is 144 Å². The molecule has 0 N–H and O–H groups in total. The smallest absolute Gasteiger partial charge is 0.332 e. The summed E-state index contributed by atoms with van der Waals surface area (Å²) in [7, 11) is 4.69. The van der Waals surface area contributed by atoms with E-state index in [1.807, 2.05) is 31.2 Å². The molecule has 3 rings (SSSR count). The molecule has 0 atom stereocenters. The molecule has 3 aromatic rings. The number of aromatic nitrogens is 4. The molecule has 0 bridgehead atoms. The standard InChI is InChI=1S/C18H20N4O3/c1-6-14-15-16(20(3)18(24)21(4)17(15)23)19-22(14)11(2)12-7-9-13(25-5)10-8-12/h7-10H,2,6H2,1,3-5H3. The third-order valence-electron chi connectivity index (χ3n) is 4.39. The van der Waals surface area contributed by atoms with Crippen LogP contribution >= 0.6 is 0 Å². The van der Waals surface area contributed by atoms with Crippen molar-refractivity contribution in [3.05, 3.63) is 62.9 Å². The molecule has 0 amide bonds. The highest BCUT2D eigenvalue weighted by Gasteiger charge is 2.20. The van der Waals surface area contributed by atoms with Gasteiger partial charge in [-0.2, -0.15) is 0 Å². The van der Waals surface area contributed by atoms with E-state index in [1.54, 1.807) is 18.8 Å². The fraction of sp³-hybridized carbons (Fsp3) is 0.278. The van der Waals surface area contributed by atoms with Gasteiger partial charge in [0.25, 0.3) is 5.56 Å². The number of methoxy groups -OCH3 is 1. The monoisotopic (exact) mass is 340 g/mol. The summed E-state index contributed by atoms with van der Waals surface area (Å²) in [4.78, 5) is 24.8. The summed E-state index contributed by atoms with van der Waals surface area (Å²) in [5.74, 6) is 0.745. The number of rotatable bonds is 4. The van der Waals surface area contributed by atoms with Crippen LogP contribution in [0.5, 0.6) is 5.75 Å². The van der Waals surface area contributed by atoms with Crippen molar-refractivity contribution in [1.29, 1.82) is 0 Å². The SMILES string of the molecule is C=C(c1ccc(OC)cc1)n1nc2c(c1CC)c(=O)n(C)c(=O)n2C. The van der Waals surface area contributed by atoms with Crippen LogP contribution in [0, 0.1) is 0 Å². The van der Waals surface area contributed by atoms with Gasteiger partial charge in [-0.15, -0.1) is 5.10 Å². The predicted molar refractivity (Wildman–Crippen MR) is 97.0 cm³/mol. The second-order valence-electron chi connectivity index (χ2n) is 5.79. The minimum absolute atomic E-state index is 0.344. The molecule has 7 heteroatoms. The van der Waals surface area contributed by atoms with Crippen molar-refractivity contribution in [1.82, 2.24) is 18.9 Å². The quantitative estimate of drug-likeness (QED) is 0.722. The maximum Gasteiger partial charge on any atom is 0.332 e. The molecule has 0 fully saturated rings. The highest BCUT2D eigenvalue weighted by atomic mass is 16.5. The Balaban J connectivity index is 2.27. The zero-order valence-corrected chi connectivity index (χ0v) is 14.7. The predicted octanol–water partition coefficient (Wildman–Crippen LogP) is 1.52. The van der Waals surface area contributed by atoms with Gasteiger partial charge in [-0.05, 0) is 36.2 Å². The number of benzene rings is 1. The second-order valence-corrected chi connectivity index (χ2v) is 5.79. The van der Waals surface area contributed by atoms with E-state index in [2.05, 4.69) is 11.7 Å². The van der Waals surface area contributed by atoms with E-state index in [0.717, 1.165) is 21.6 Å². The van der Waals surface area contributed by atoms with Crippen molar-refractivity contribution < 1.29 is 4.74 Å². The molecule has 2 heterocycles. The van der Waals surface area contributed by atoms with Crippen LogP contribution in [0.15, 0.2) is 40.4 Å². The van der Waals surface area contributed by atoms with Gasteiger partial charge >= 0.3 is 5.69 Å². The first-order valence-electron chi connectivity index (χ1n) is 7.92. The summed E-state index contributed by atoms with van der Waals surface area (Å²) in [6.45, 7) is 6.07. The molecule has 1 aromatic carbocycles. The number of fused-ring (bicyclic) bond motifs is 1. The minimum atomic E-state index is -0.403. The molecule has 130 valence electrons. The van der Waals surface area contributed by atoms with Crippen molar-refractivity contribution >= 4 is 16.7 Å². The van der Waals surface area contributed by atoms with E-state index in [4.69, 9.17) is 4.74 Å². The Morgan fingerprint density at radius 2 is 1.80 bits per heavy atom. The first kappa shape index (κ1) is 16.8. The molecule has 2 aromatic heterocycles. The highest BCUT2D eigenvalue weighted by Crippen LogP contribution is 2.23. The summed E-state index contributed by atoms with van der Waals surface area (Å²) in [6.07, 6.45) is 0.582. The van der Waals surface area contributed by atoms with E-state index in [0.29, 0.717) is 23.2 Å². The largest absolute Gasteiger partial charge is 0.497 e. The van der Waals surface area contributed by atoms with Gasteiger partial charge in [0.1, 0.15) is 11.1 Å². The molecule has 0 saturated carbocycles. The van der Waals surface area contributed by atoms with Crippen LogP contribution in [0.4, 0.5) is 0 Å². The molecule has 0 spiro atoms. The van der Waals surface area contributed by atoms with Gasteiger partial charge in [-0.3, -0.25) is 13.9 Å². The molecule has 0 saturated heterocycles. The van der Waals surface area contributed by atoms with Crippen molar-refractivity contribution in [3.8, 4) is 5.75 Å². The van der Waals surface area contributed by atoms with E-state index >= 15 is 0 Å². The highest BCUT2D eigenvalue weighted by molar-refractivity contribution is 5.80. The fourth-order valence-electron chi connectivity index (χ4n) is 2.92. The Bertz CT molecular complexity index is 1080. The van der Waals surface area contributed by atoms with Gasteiger partial charge in [-0.25, -0.2) is 9.48 Å². The van der Waals surface area contributed by atoms with Gasteiger partial charge in [0.15, 0.2) is 5.65 Å². The number of hydrogen-bond acceptors (Lipinski definition) is 4. The van der Waals surface area contributed by atoms with Gasteiger partial charge in [0.2, 0.25) is 0 Å². The first-order chi connectivity index (χ1) is 11.9. The normalized spacial score (nSPS) is 11.0. The van der Waals surface area contributed by atoms with Crippen molar-refractivity contribution in [3.63, 3.8) is 0 Å². The summed E-state index contributed by atoms with van der Waals surface area (Å²) in [5.41, 5.74) is 1.82. The Kier molecular flexibility index (Phi) is 4.08. The lowest BCUT2D eigenvalue weighted by Crippen LogP contribution is -2.37. The van der Waals surface area contributed by atoms with Gasteiger partial charge in [-0.1, -0.05) is 13.5 Å². The molecule has 0 aliphatic rings. The molecular formula is C18H20N4O3. The van der Waals surface area contributed by atoms with Crippen LogP contribution < -0.4 is 16.0 Å². The number of ether oxygens (including phenoxy) is 1. The maximum atomic E-state index is 12.6. The first-order valence-corrected chi connectivity index (χ1v) is 7.92. The zero-order valence-electron chi connectivity index (χ0n) is 14.7. The lowest BCUT2D eigenvalue weighted by molar-refractivity contribution is 0.415. The fourth-order valence-corrected chi connectivity index (χ4v) is 2.92. The molecule has 25 heavy (non-hydrogen) atoms. The van der Waals surface area contributed by atoms with E-state index in [9.17, 15) is 9.59 Å². The van der Waals surface area contributed by atoms with Gasteiger partial charge in [0.05, 0.1) is 18.5 Å². The second kappa shape index (κ2) is 6.08. The van der Waals surface area contributed by atoms with Crippen molar-refractivity contribution in [2.24, 2.45) is 14.1 Å². The summed E-state index contributed by atoms with van der Waals surface area (Å²) in [5, 5.41) is 4.95. The summed E-state index contributed by atoms with van der Waals surface area (Å²) < 4.78 is 9.30. The van der Waals surface area contributed by atoms with E-state index in [-0.39, 0.29) is 5.56 Å². The van der Waals surface area contributed by atoms with Crippen LogP contribution in [0.2, 0.25) is 0 Å². The number of hydrogen-bond donors (Lipinski definition) is 0. The molecule has 0 aliphatic heterocycles. The molecular weight excluding hydrogens is 320 g/mol. The zero-order chi connectivity index (χ0) is 18.3. The van der Waals surface area contributed by atoms with E-state index in [1.165, 1.54) is 11.6 Å². The van der Waals surface area contributed by atoms with Gasteiger partial charge < -0.3 is 4.74 Å². The summed E-state index contributed by atoms with van der Waals surface area (Å²) >= 11 is 0. The van der Waals surface area contributed by atoms with Crippen LogP contribution in [-0.4, -0.2) is 26.0 Å². The Morgan fingerprint density at radius 3 is 2.36 bits per heavy atom. The molecule has 7 nitrogen and oxygen atoms in total. The minimum Gasteiger partial charge on any atom is -0.497 e. The van der Waals surface area contributed by atoms with Crippen LogP contribution in [-0.2, 0) is 20.5 Å². The maximum absolute atomic E-state index is 12.6. The van der Waals surface area contributed by atoms with Crippen LogP contribution in [0.1, 0.15) is 18.2 Å². The van der Waals surface area contributed by atoms with Crippen LogP contribution in [0.25, 0.3) is 16.7 Å². The number of aryl methyl sites for hydroxylation is 2. The van der Waals surface area contributed by atoms with Crippen LogP contribution in [0.3, 0.4) is 0 Å². The van der Waals surface area contributed by atoms with Crippen molar-refractivity contribution in [2.75, 3.05) is 7.11 Å². The average molecular weight is 340 g/mol.